The standard InChI is InChI=1S/C14H15N3O3S/c18-13(19)8-17-6-5-12(16-17)15-14(20)11-7-9-3-1-2-4-10(9)21-11/h5-7H,1-4,8H2,(H,18,19)(H,15,16,20). The second kappa shape index (κ2) is 5.69. The molecule has 2 aromatic heterocycles. The summed E-state index contributed by atoms with van der Waals surface area (Å²) in [4.78, 5) is 24.8. The average molecular weight is 305 g/mol. The van der Waals surface area contributed by atoms with Gasteiger partial charge in [-0.1, -0.05) is 0 Å². The molecule has 0 spiro atoms. The summed E-state index contributed by atoms with van der Waals surface area (Å²) in [5.74, 6) is -0.787. The molecule has 0 bridgehead atoms. The van der Waals surface area contributed by atoms with Crippen LogP contribution in [0.15, 0.2) is 18.3 Å². The molecule has 0 atom stereocenters. The molecule has 1 amide bonds. The fourth-order valence-electron chi connectivity index (χ4n) is 2.44. The highest BCUT2D eigenvalue weighted by Gasteiger charge is 2.17. The van der Waals surface area contributed by atoms with Gasteiger partial charge in [-0.3, -0.25) is 14.3 Å². The van der Waals surface area contributed by atoms with Crippen LogP contribution >= 0.6 is 11.3 Å². The van der Waals surface area contributed by atoms with E-state index < -0.39 is 5.97 Å². The zero-order chi connectivity index (χ0) is 14.8. The first kappa shape index (κ1) is 13.8. The van der Waals surface area contributed by atoms with Crippen LogP contribution in [0.3, 0.4) is 0 Å². The molecule has 0 saturated heterocycles. The number of amides is 1. The molecule has 110 valence electrons. The van der Waals surface area contributed by atoms with E-state index in [0.29, 0.717) is 10.7 Å². The normalized spacial score (nSPS) is 13.7. The lowest BCUT2D eigenvalue weighted by Gasteiger charge is -2.08. The minimum Gasteiger partial charge on any atom is -0.480 e. The molecular formula is C14H15N3O3S. The van der Waals surface area contributed by atoms with Crippen LogP contribution in [0.5, 0.6) is 0 Å². The van der Waals surface area contributed by atoms with E-state index >= 15 is 0 Å². The highest BCUT2D eigenvalue weighted by molar-refractivity contribution is 7.14. The van der Waals surface area contributed by atoms with Crippen molar-refractivity contribution in [3.05, 3.63) is 33.6 Å². The van der Waals surface area contributed by atoms with Crippen molar-refractivity contribution in [1.82, 2.24) is 9.78 Å². The number of aryl methyl sites for hydroxylation is 2. The topological polar surface area (TPSA) is 84.2 Å². The van der Waals surface area contributed by atoms with E-state index in [2.05, 4.69) is 10.4 Å². The first-order valence-corrected chi connectivity index (χ1v) is 7.61. The van der Waals surface area contributed by atoms with Gasteiger partial charge >= 0.3 is 5.97 Å². The number of carboxylic acid groups (broad SMARTS) is 1. The monoisotopic (exact) mass is 305 g/mol. The number of nitrogens with zero attached hydrogens (tertiary/aromatic N) is 2. The van der Waals surface area contributed by atoms with Gasteiger partial charge in [0.05, 0.1) is 4.88 Å². The summed E-state index contributed by atoms with van der Waals surface area (Å²) in [5.41, 5.74) is 1.29. The lowest BCUT2D eigenvalue weighted by molar-refractivity contribution is -0.137. The Morgan fingerprint density at radius 3 is 2.95 bits per heavy atom. The van der Waals surface area contributed by atoms with Crippen molar-refractivity contribution in [3.8, 4) is 0 Å². The van der Waals surface area contributed by atoms with Crippen molar-refractivity contribution in [2.75, 3.05) is 5.32 Å². The molecule has 1 aliphatic carbocycles. The molecule has 1 aliphatic rings. The predicted octanol–water partition coefficient (Wildman–Crippen LogP) is 2.16. The molecule has 21 heavy (non-hydrogen) atoms. The molecule has 0 aromatic carbocycles. The zero-order valence-electron chi connectivity index (χ0n) is 11.3. The maximum Gasteiger partial charge on any atom is 0.325 e. The van der Waals surface area contributed by atoms with Gasteiger partial charge in [0, 0.05) is 17.1 Å². The number of rotatable bonds is 4. The molecule has 2 N–H and O–H groups in total. The summed E-state index contributed by atoms with van der Waals surface area (Å²) in [5, 5.41) is 15.4. The van der Waals surface area contributed by atoms with Crippen LogP contribution in [0, 0.1) is 0 Å². The Hall–Kier alpha value is -2.15. The van der Waals surface area contributed by atoms with Gasteiger partial charge in [-0.05, 0) is 37.3 Å². The molecule has 0 unspecified atom stereocenters. The molecule has 6 nitrogen and oxygen atoms in total. The summed E-state index contributed by atoms with van der Waals surface area (Å²) in [6.07, 6.45) is 6.01. The Morgan fingerprint density at radius 2 is 2.19 bits per heavy atom. The van der Waals surface area contributed by atoms with Gasteiger partial charge < -0.3 is 10.4 Å². The SMILES string of the molecule is O=C(O)Cn1ccc(NC(=O)c2cc3c(s2)CCCC3)n1. The second-order valence-corrected chi connectivity index (χ2v) is 6.15. The van der Waals surface area contributed by atoms with Crippen LogP contribution in [-0.4, -0.2) is 26.8 Å². The number of carbonyl (C=O) groups is 2. The summed E-state index contributed by atoms with van der Waals surface area (Å²) < 4.78 is 1.28. The van der Waals surface area contributed by atoms with Crippen molar-refractivity contribution < 1.29 is 14.7 Å². The van der Waals surface area contributed by atoms with Gasteiger partial charge in [0.1, 0.15) is 6.54 Å². The van der Waals surface area contributed by atoms with Crippen LogP contribution in [-0.2, 0) is 24.2 Å². The number of hydrogen-bond donors (Lipinski definition) is 2. The third-order valence-electron chi connectivity index (χ3n) is 3.40. The minimum atomic E-state index is -0.970. The molecule has 0 saturated carbocycles. The average Bonchev–Trinajstić information content (AvgIpc) is 3.04. The van der Waals surface area contributed by atoms with Gasteiger partial charge in [-0.15, -0.1) is 11.3 Å². The van der Waals surface area contributed by atoms with E-state index in [9.17, 15) is 9.59 Å². The van der Waals surface area contributed by atoms with Crippen molar-refractivity contribution >= 4 is 29.0 Å². The van der Waals surface area contributed by atoms with Gasteiger partial charge in [0.25, 0.3) is 5.91 Å². The molecule has 2 aromatic rings. The molecule has 3 rings (SSSR count). The van der Waals surface area contributed by atoms with E-state index in [1.165, 1.54) is 45.5 Å². The highest BCUT2D eigenvalue weighted by Crippen LogP contribution is 2.29. The Balaban J connectivity index is 1.69. The van der Waals surface area contributed by atoms with E-state index in [4.69, 9.17) is 5.11 Å². The van der Waals surface area contributed by atoms with E-state index in [0.717, 1.165) is 12.8 Å². The Morgan fingerprint density at radius 1 is 1.38 bits per heavy atom. The van der Waals surface area contributed by atoms with Gasteiger partial charge in [0.15, 0.2) is 5.82 Å². The number of anilines is 1. The third kappa shape index (κ3) is 3.13. The van der Waals surface area contributed by atoms with E-state index in [1.807, 2.05) is 6.07 Å². The maximum absolute atomic E-state index is 12.2. The van der Waals surface area contributed by atoms with Crippen LogP contribution in [0.25, 0.3) is 0 Å². The quantitative estimate of drug-likeness (QED) is 0.906. The van der Waals surface area contributed by atoms with Crippen molar-refractivity contribution in [1.29, 1.82) is 0 Å². The van der Waals surface area contributed by atoms with Crippen LogP contribution in [0.1, 0.15) is 33.0 Å². The zero-order valence-corrected chi connectivity index (χ0v) is 12.2. The Bertz CT molecular complexity index is 666. The number of hydrogen-bond acceptors (Lipinski definition) is 4. The smallest absolute Gasteiger partial charge is 0.325 e. The third-order valence-corrected chi connectivity index (χ3v) is 4.64. The lowest BCUT2D eigenvalue weighted by Crippen LogP contribution is -2.13. The van der Waals surface area contributed by atoms with E-state index in [-0.39, 0.29) is 12.5 Å². The van der Waals surface area contributed by atoms with Gasteiger partial charge in [-0.2, -0.15) is 5.10 Å². The summed E-state index contributed by atoms with van der Waals surface area (Å²) in [6, 6.07) is 3.55. The second-order valence-electron chi connectivity index (χ2n) is 5.01. The first-order valence-electron chi connectivity index (χ1n) is 6.80. The van der Waals surface area contributed by atoms with Crippen LogP contribution < -0.4 is 5.32 Å². The molecule has 0 aliphatic heterocycles. The van der Waals surface area contributed by atoms with Gasteiger partial charge in [-0.25, -0.2) is 0 Å². The maximum atomic E-state index is 12.2. The summed E-state index contributed by atoms with van der Waals surface area (Å²) in [6.45, 7) is -0.219. The van der Waals surface area contributed by atoms with E-state index in [1.54, 1.807) is 6.07 Å². The van der Waals surface area contributed by atoms with Crippen LogP contribution in [0.4, 0.5) is 5.82 Å². The van der Waals surface area contributed by atoms with Crippen LogP contribution in [0.2, 0.25) is 0 Å². The van der Waals surface area contributed by atoms with Crippen molar-refractivity contribution in [2.24, 2.45) is 0 Å². The fourth-order valence-corrected chi connectivity index (χ4v) is 3.58. The first-order chi connectivity index (χ1) is 10.1. The fraction of sp³-hybridized carbons (Fsp3) is 0.357. The number of thiophene rings is 1. The predicted molar refractivity (Wildman–Crippen MR) is 78.8 cm³/mol. The molecular weight excluding hydrogens is 290 g/mol. The number of carbonyl (C=O) groups excluding carboxylic acids is 1. The number of nitrogens with one attached hydrogen (secondary N) is 1. The molecule has 0 radical (unpaired) electrons. The summed E-state index contributed by atoms with van der Waals surface area (Å²) in [7, 11) is 0. The number of carboxylic acids is 1. The molecule has 2 heterocycles. The lowest BCUT2D eigenvalue weighted by atomic mass is 9.99. The number of aromatic nitrogens is 2. The number of aliphatic carboxylic acids is 1. The highest BCUT2D eigenvalue weighted by atomic mass is 32.1. The minimum absolute atomic E-state index is 0.185. The van der Waals surface area contributed by atoms with Gasteiger partial charge in [0.2, 0.25) is 0 Å². The summed E-state index contributed by atoms with van der Waals surface area (Å²) >= 11 is 1.54. The Kier molecular flexibility index (Phi) is 3.74. The Labute approximate surface area is 125 Å². The molecule has 7 heteroatoms. The van der Waals surface area contributed by atoms with Crippen molar-refractivity contribution in [2.45, 2.75) is 32.2 Å². The molecule has 0 fully saturated rings. The van der Waals surface area contributed by atoms with Crippen molar-refractivity contribution in [3.63, 3.8) is 0 Å². The largest absolute Gasteiger partial charge is 0.480 e. The number of fused-ring (bicyclic) bond motifs is 1.